The van der Waals surface area contributed by atoms with Crippen LogP contribution in [-0.2, 0) is 19.7 Å². The lowest BCUT2D eigenvalue weighted by Gasteiger charge is -2.37. The number of β-amino-alcohol motifs (C(OH)–C–C–N with tert-alkyl or cyclic N) is 1. The molecule has 13 rings (SSSR count). The van der Waals surface area contributed by atoms with E-state index in [0.717, 1.165) is 168 Å². The van der Waals surface area contributed by atoms with Gasteiger partial charge in [0.25, 0.3) is 5.56 Å². The summed E-state index contributed by atoms with van der Waals surface area (Å²) >= 11 is 8.32. The highest BCUT2D eigenvalue weighted by atomic mass is 35.5. The Morgan fingerprint density at radius 1 is 0.875 bits per heavy atom. The Bertz CT molecular complexity index is 3260. The lowest BCUT2D eigenvalue weighted by Crippen LogP contribution is -2.51. The first-order chi connectivity index (χ1) is 39.1. The molecule has 3 saturated heterocycles. The smallest absolute Gasteiger partial charge is 0.282 e. The molecule has 6 aromatic rings. The van der Waals surface area contributed by atoms with Gasteiger partial charge in [-0.2, -0.15) is 4.98 Å². The molecule has 80 heavy (non-hydrogen) atoms. The minimum absolute atomic E-state index is 0.0639. The number of aliphatic hydroxyl groups excluding tert-OH is 1. The summed E-state index contributed by atoms with van der Waals surface area (Å²) in [5.41, 5.74) is 10.1. The second kappa shape index (κ2) is 23.1. The van der Waals surface area contributed by atoms with E-state index in [1.165, 1.54) is 23.2 Å². The summed E-state index contributed by atoms with van der Waals surface area (Å²) in [5.74, 6) is 1.86. The van der Waals surface area contributed by atoms with Crippen LogP contribution in [0.2, 0.25) is 5.02 Å². The minimum Gasteiger partial charge on any atom is -0.391 e. The highest BCUT2D eigenvalue weighted by Crippen LogP contribution is 2.52. The Morgan fingerprint density at radius 3 is 2.44 bits per heavy atom. The predicted molar refractivity (Wildman–Crippen MR) is 312 cm³/mol. The molecule has 5 atom stereocenters. The van der Waals surface area contributed by atoms with Crippen molar-refractivity contribution < 1.29 is 19.4 Å². The van der Waals surface area contributed by atoms with E-state index in [1.54, 1.807) is 22.3 Å². The maximum atomic E-state index is 15.2. The van der Waals surface area contributed by atoms with Crippen molar-refractivity contribution in [3.63, 3.8) is 0 Å². The van der Waals surface area contributed by atoms with Gasteiger partial charge >= 0.3 is 0 Å². The molecular formula is C63H77ClN10O5S. The fourth-order valence-electron chi connectivity index (χ4n) is 15.5. The Kier molecular flexibility index (Phi) is 15.6. The highest BCUT2D eigenvalue weighted by molar-refractivity contribution is 7.13. The summed E-state index contributed by atoms with van der Waals surface area (Å²) in [6, 6.07) is 19.6. The Morgan fingerprint density at radius 2 is 1.66 bits per heavy atom. The average molecular weight is 1120 g/mol. The van der Waals surface area contributed by atoms with E-state index in [9.17, 15) is 14.7 Å². The number of halogens is 1. The monoisotopic (exact) mass is 1120 g/mol. The zero-order valence-electron chi connectivity index (χ0n) is 46.3. The van der Waals surface area contributed by atoms with Gasteiger partial charge in [-0.3, -0.25) is 23.9 Å². The Hall–Kier alpha value is -5.36. The van der Waals surface area contributed by atoms with Crippen molar-refractivity contribution in [2.24, 2.45) is 11.8 Å². The second-order valence-corrected chi connectivity index (χ2v) is 25.9. The molecule has 3 saturated carbocycles. The number of fused-ring (bicyclic) bond motifs is 7. The van der Waals surface area contributed by atoms with Crippen LogP contribution in [0.5, 0.6) is 0 Å². The number of aliphatic hydroxyl groups is 1. The van der Waals surface area contributed by atoms with E-state index in [-0.39, 0.29) is 53.6 Å². The number of morpholine rings is 1. The van der Waals surface area contributed by atoms with Gasteiger partial charge in [0.15, 0.2) is 0 Å². The molecule has 0 bridgehead atoms. The molecule has 7 heterocycles. The number of hydrogen-bond acceptors (Lipinski definition) is 12. The van der Waals surface area contributed by atoms with Gasteiger partial charge in [0.05, 0.1) is 74.2 Å². The summed E-state index contributed by atoms with van der Waals surface area (Å²) in [6.07, 6.45) is 18.6. The van der Waals surface area contributed by atoms with Crippen LogP contribution in [0.1, 0.15) is 167 Å². The fraction of sp³-hybridized carbons (Fsp3) is 0.571. The quantitative estimate of drug-likeness (QED) is 0.113. The number of likely N-dealkylation sites (tertiary alicyclic amines) is 2. The van der Waals surface area contributed by atoms with Crippen LogP contribution < -0.4 is 10.9 Å². The van der Waals surface area contributed by atoms with E-state index in [4.69, 9.17) is 31.6 Å². The van der Waals surface area contributed by atoms with Crippen molar-refractivity contribution in [2.45, 2.75) is 158 Å². The van der Waals surface area contributed by atoms with Gasteiger partial charge in [-0.1, -0.05) is 97.8 Å². The second-order valence-electron chi connectivity index (χ2n) is 24.7. The van der Waals surface area contributed by atoms with Gasteiger partial charge < -0.3 is 25.0 Å². The number of amides is 2. The number of carbonyl (C=O) groups excluding carboxylic acids is 2. The normalized spacial score (nSPS) is 25.4. The van der Waals surface area contributed by atoms with Gasteiger partial charge in [-0.15, -0.1) is 16.4 Å². The van der Waals surface area contributed by atoms with Crippen molar-refractivity contribution in [3.8, 4) is 16.1 Å². The van der Waals surface area contributed by atoms with Gasteiger partial charge in [-0.05, 0) is 136 Å². The molecule has 15 nitrogen and oxygen atoms in total. The molecular weight excluding hydrogens is 1040 g/mol. The van der Waals surface area contributed by atoms with Crippen molar-refractivity contribution in [2.75, 3.05) is 59.0 Å². The van der Waals surface area contributed by atoms with E-state index in [2.05, 4.69) is 67.1 Å². The van der Waals surface area contributed by atoms with Crippen LogP contribution in [-0.4, -0.2) is 132 Å². The molecule has 2 N–H and O–H groups in total. The minimum atomic E-state index is -0.811. The van der Waals surface area contributed by atoms with E-state index < -0.39 is 18.2 Å². The van der Waals surface area contributed by atoms with E-state index in [1.807, 2.05) is 35.4 Å². The third-order valence-electron chi connectivity index (χ3n) is 19.7. The molecule has 422 valence electrons. The van der Waals surface area contributed by atoms with Crippen LogP contribution in [0, 0.1) is 18.8 Å². The van der Waals surface area contributed by atoms with Crippen molar-refractivity contribution in [1.82, 2.24) is 49.5 Å². The molecule has 3 aliphatic carbocycles. The molecule has 17 heteroatoms. The molecule has 3 aromatic heterocycles. The number of nitrogens with one attached hydrogen (secondary N) is 1. The lowest BCUT2D eigenvalue weighted by molar-refractivity contribution is -0.143. The van der Waals surface area contributed by atoms with Crippen molar-refractivity contribution >= 4 is 45.7 Å². The van der Waals surface area contributed by atoms with Crippen LogP contribution in [0.25, 0.3) is 27.0 Å². The number of aromatic nitrogens is 6. The molecule has 0 radical (unpaired) electrons. The number of aryl methyl sites for hydroxylation is 1. The molecule has 6 fully saturated rings. The molecule has 1 unspecified atom stereocenters. The standard InChI is InChI=1S/C63H77ClN10O5S/c1-40-58(80-39-65-40)45-21-19-42(20-22-45)51(37-70-28-30-79-31-29-70)66-59(76)55-33-48(75)36-72(55)61(78)57(44-10-4-2-5-11-44)73-38-52(68-69-73)43-17-15-41(16-18-43)34-71-27-9-12-47(35-71)46-23-24-49-54(32-46)74-53-14-8-13-50(64)56(53)60(77)67-62(74)63(49)25-6-3-7-26-63/h8,13-14,19-24,32,38-39,41,43-44,47-48,51,55,57,75H,2-7,9-12,15-18,25-31,33-37H2,1H3,(H,66,76)/t41?,43?,47?,48-,51+,55+,57+/m1/s1. The zero-order valence-corrected chi connectivity index (χ0v) is 47.9. The molecule has 2 amide bonds. The summed E-state index contributed by atoms with van der Waals surface area (Å²) in [6.45, 7) is 8.80. The topological polar surface area (TPSA) is 164 Å². The van der Waals surface area contributed by atoms with Crippen LogP contribution in [0.3, 0.4) is 0 Å². The number of carbonyl (C=O) groups is 2. The lowest BCUT2D eigenvalue weighted by atomic mass is 9.69. The van der Waals surface area contributed by atoms with Crippen LogP contribution >= 0.6 is 22.9 Å². The Balaban J connectivity index is 0.674. The van der Waals surface area contributed by atoms with Crippen LogP contribution in [0.4, 0.5) is 0 Å². The van der Waals surface area contributed by atoms with Gasteiger partial charge in [0.2, 0.25) is 11.8 Å². The third-order valence-corrected chi connectivity index (χ3v) is 21.0. The summed E-state index contributed by atoms with van der Waals surface area (Å²) < 4.78 is 9.79. The fourth-order valence-corrected chi connectivity index (χ4v) is 16.6. The summed E-state index contributed by atoms with van der Waals surface area (Å²) in [4.78, 5) is 60.6. The average Bonchev–Trinajstić information content (AvgIpc) is 4.34. The van der Waals surface area contributed by atoms with Crippen LogP contribution in [0.15, 0.2) is 77.2 Å². The molecule has 7 aliphatic rings. The number of rotatable bonds is 13. The first kappa shape index (κ1) is 53.9. The SMILES string of the molecule is Cc1ncsc1-c1ccc([C@H](CN2CCOCC2)NC(=O)[C@@H]2C[C@@H](O)CN2C(=O)[C@H](C2CCCCC2)n2cc(C3CCC(CN4CCCC(c5ccc6c(c5)-n5c(nc(=O)c7c(Cl)cccc75)C65CCCCC5)C4)CC3)nn2)cc1. The first-order valence-corrected chi connectivity index (χ1v) is 31.4. The van der Waals surface area contributed by atoms with Crippen molar-refractivity contribution in [1.29, 1.82) is 0 Å². The summed E-state index contributed by atoms with van der Waals surface area (Å²) in [5, 5.41) is 25.2. The Labute approximate surface area is 478 Å². The van der Waals surface area contributed by atoms with E-state index in [0.29, 0.717) is 42.0 Å². The number of piperidine rings is 1. The largest absolute Gasteiger partial charge is 0.391 e. The molecule has 3 aromatic carbocycles. The highest BCUT2D eigenvalue weighted by Gasteiger charge is 2.48. The van der Waals surface area contributed by atoms with Gasteiger partial charge in [-0.25, -0.2) is 9.67 Å². The predicted octanol–water partition coefficient (Wildman–Crippen LogP) is 10.1. The number of thiazole rings is 1. The number of hydrogen-bond donors (Lipinski definition) is 2. The molecule has 4 aliphatic heterocycles. The van der Waals surface area contributed by atoms with Crippen molar-refractivity contribution in [3.05, 3.63) is 122 Å². The number of ether oxygens (including phenoxy) is 1. The number of benzene rings is 3. The zero-order chi connectivity index (χ0) is 54.5. The summed E-state index contributed by atoms with van der Waals surface area (Å²) in [7, 11) is 0. The first-order valence-electron chi connectivity index (χ1n) is 30.2. The van der Waals surface area contributed by atoms with E-state index >= 15 is 4.79 Å². The maximum Gasteiger partial charge on any atom is 0.282 e. The van der Waals surface area contributed by atoms with Gasteiger partial charge in [0.1, 0.15) is 17.9 Å². The maximum absolute atomic E-state index is 15.2. The van der Waals surface area contributed by atoms with Gasteiger partial charge in [0, 0.05) is 57.8 Å². The molecule has 1 spiro atoms. The third kappa shape index (κ3) is 10.5. The number of nitrogens with zero attached hydrogens (tertiary/aromatic N) is 9.